The number of hydrogen-bond donors (Lipinski definition) is 0. The van der Waals surface area contributed by atoms with E-state index in [1.54, 1.807) is 28.0 Å². The lowest BCUT2D eigenvalue weighted by molar-refractivity contribution is -0.0888. The first kappa shape index (κ1) is 31.1. The number of hydrogen-bond acceptors (Lipinski definition) is 5. The lowest BCUT2D eigenvalue weighted by atomic mass is 9.88. The third kappa shape index (κ3) is 7.16. The Balaban J connectivity index is 0.957. The fourth-order valence-electron chi connectivity index (χ4n) is 6.90. The molecule has 1 atom stereocenters. The maximum Gasteiger partial charge on any atom is 0.416 e. The Hall–Kier alpha value is -3.92. The molecule has 1 spiro atoms. The van der Waals surface area contributed by atoms with Gasteiger partial charge in [-0.15, -0.1) is 0 Å². The van der Waals surface area contributed by atoms with Crippen LogP contribution in [0.25, 0.3) is 0 Å². The van der Waals surface area contributed by atoms with Gasteiger partial charge < -0.3 is 14.5 Å². The van der Waals surface area contributed by atoms with Crippen LogP contribution >= 0.6 is 0 Å². The second-order valence-electron chi connectivity index (χ2n) is 12.7. The summed E-state index contributed by atoms with van der Waals surface area (Å²) in [6.45, 7) is 4.06. The van der Waals surface area contributed by atoms with Crippen molar-refractivity contribution in [1.82, 2.24) is 14.7 Å². The van der Waals surface area contributed by atoms with Gasteiger partial charge in [0.1, 0.15) is 5.60 Å². The van der Waals surface area contributed by atoms with E-state index in [0.717, 1.165) is 24.2 Å². The van der Waals surface area contributed by atoms with Gasteiger partial charge in [0.05, 0.1) is 12.1 Å². The Bertz CT molecular complexity index is 1460. The number of Topliss-reactive ketones (excluding diaryl/α,β-unsaturated/α-hetero) is 1. The minimum atomic E-state index is -4.30. The lowest BCUT2D eigenvalue weighted by Gasteiger charge is -2.38. The fourth-order valence-corrected chi connectivity index (χ4v) is 6.90. The Labute approximate surface area is 261 Å². The second-order valence-corrected chi connectivity index (χ2v) is 12.7. The molecule has 1 unspecified atom stereocenters. The maximum atomic E-state index is 13.2. The molecule has 7 nitrogen and oxygen atoms in total. The van der Waals surface area contributed by atoms with Crippen LogP contribution in [-0.2, 0) is 11.3 Å². The average Bonchev–Trinajstić information content (AvgIpc) is 3.35. The monoisotopic (exact) mass is 621 g/mol. The van der Waals surface area contributed by atoms with Gasteiger partial charge in [-0.05, 0) is 42.9 Å². The van der Waals surface area contributed by atoms with Crippen molar-refractivity contribution in [2.75, 3.05) is 39.3 Å². The van der Waals surface area contributed by atoms with E-state index in [0.29, 0.717) is 70.4 Å². The zero-order valence-electron chi connectivity index (χ0n) is 25.2. The largest absolute Gasteiger partial charge is 0.441 e. The van der Waals surface area contributed by atoms with Gasteiger partial charge in [0.2, 0.25) is 0 Å². The van der Waals surface area contributed by atoms with Crippen LogP contribution < -0.4 is 0 Å². The zero-order valence-corrected chi connectivity index (χ0v) is 25.2. The molecule has 0 aromatic heterocycles. The van der Waals surface area contributed by atoms with Crippen molar-refractivity contribution in [2.45, 2.75) is 50.4 Å². The predicted octanol–water partition coefficient (Wildman–Crippen LogP) is 6.27. The first-order chi connectivity index (χ1) is 21.6. The Kier molecular flexibility index (Phi) is 8.86. The van der Waals surface area contributed by atoms with E-state index in [-0.39, 0.29) is 29.6 Å². The highest BCUT2D eigenvalue weighted by atomic mass is 19.4. The van der Waals surface area contributed by atoms with Gasteiger partial charge in [-0.3, -0.25) is 14.5 Å². The topological polar surface area (TPSA) is 70.2 Å². The predicted molar refractivity (Wildman–Crippen MR) is 163 cm³/mol. The molecule has 45 heavy (non-hydrogen) atoms. The van der Waals surface area contributed by atoms with Gasteiger partial charge in [0.25, 0.3) is 5.91 Å². The van der Waals surface area contributed by atoms with E-state index < -0.39 is 17.4 Å². The SMILES string of the molecule is O=C(c1ccccc1)C1CCN(C(=O)c2ccc(CN3CC4(CCN(CC5C=CC(C(F)(F)F)=CC5)CC4)OC3=O)cc2)CC1. The molecule has 3 saturated heterocycles. The van der Waals surface area contributed by atoms with Crippen LogP contribution in [0.4, 0.5) is 18.0 Å². The highest BCUT2D eigenvalue weighted by molar-refractivity contribution is 5.98. The second kappa shape index (κ2) is 12.8. The number of alkyl halides is 3. The summed E-state index contributed by atoms with van der Waals surface area (Å²) in [5, 5.41) is 0. The number of nitrogens with zero attached hydrogens (tertiary/aromatic N) is 3. The zero-order chi connectivity index (χ0) is 31.6. The van der Waals surface area contributed by atoms with Crippen LogP contribution in [-0.4, -0.2) is 83.5 Å². The van der Waals surface area contributed by atoms with Gasteiger partial charge in [0, 0.05) is 69.2 Å². The van der Waals surface area contributed by atoms with Crippen LogP contribution in [0.3, 0.4) is 0 Å². The Morgan fingerprint density at radius 2 is 1.60 bits per heavy atom. The number of piperidine rings is 2. The molecule has 4 aliphatic rings. The van der Waals surface area contributed by atoms with E-state index >= 15 is 0 Å². The van der Waals surface area contributed by atoms with Crippen LogP contribution in [0.2, 0.25) is 0 Å². The summed E-state index contributed by atoms with van der Waals surface area (Å²) in [4.78, 5) is 44.5. The normalized spacial score (nSPS) is 22.4. The highest BCUT2D eigenvalue weighted by Crippen LogP contribution is 2.36. The standard InChI is InChI=1S/C35H38F3N3O4/c36-35(37,38)30-12-8-25(9-13-30)22-39-20-16-34(17-21-39)24-41(33(44)45-34)23-26-6-10-29(11-7-26)32(43)40-18-14-28(15-19-40)31(42)27-4-2-1-3-5-27/h1-8,10-13,25,28H,9,14-24H2. The van der Waals surface area contributed by atoms with Crippen molar-refractivity contribution in [3.63, 3.8) is 0 Å². The van der Waals surface area contributed by atoms with Crippen molar-refractivity contribution in [1.29, 1.82) is 0 Å². The Morgan fingerprint density at radius 3 is 2.22 bits per heavy atom. The van der Waals surface area contributed by atoms with Gasteiger partial charge in [-0.25, -0.2) is 4.79 Å². The van der Waals surface area contributed by atoms with Crippen LogP contribution in [0.5, 0.6) is 0 Å². The molecule has 0 saturated carbocycles. The molecule has 0 bridgehead atoms. The van der Waals surface area contributed by atoms with Crippen LogP contribution in [0, 0.1) is 11.8 Å². The summed E-state index contributed by atoms with van der Waals surface area (Å²) in [6.07, 6.45) is 2.46. The number of ether oxygens (including phenoxy) is 1. The molecule has 10 heteroatoms. The molecule has 3 aliphatic heterocycles. The number of carbonyl (C=O) groups is 3. The van der Waals surface area contributed by atoms with E-state index in [2.05, 4.69) is 4.90 Å². The third-order valence-electron chi connectivity index (χ3n) is 9.60. The smallest absolute Gasteiger partial charge is 0.416 e. The van der Waals surface area contributed by atoms with Gasteiger partial charge >= 0.3 is 12.3 Å². The molecule has 6 rings (SSSR count). The fraction of sp³-hybridized carbons (Fsp3) is 0.457. The van der Waals surface area contributed by atoms with Gasteiger partial charge in [0.15, 0.2) is 5.78 Å². The molecule has 2 aromatic carbocycles. The number of benzene rings is 2. The number of rotatable bonds is 7. The summed E-state index contributed by atoms with van der Waals surface area (Å²) in [5.41, 5.74) is 1.07. The molecular weight excluding hydrogens is 583 g/mol. The van der Waals surface area contributed by atoms with E-state index in [4.69, 9.17) is 4.74 Å². The first-order valence-corrected chi connectivity index (χ1v) is 15.7. The number of ketones is 1. The van der Waals surface area contributed by atoms with Gasteiger partial charge in [-0.1, -0.05) is 60.7 Å². The molecule has 3 fully saturated rings. The summed E-state index contributed by atoms with van der Waals surface area (Å²) >= 11 is 0. The van der Waals surface area contributed by atoms with Crippen LogP contribution in [0.15, 0.2) is 78.4 Å². The van der Waals surface area contributed by atoms with Gasteiger partial charge in [-0.2, -0.15) is 13.2 Å². The van der Waals surface area contributed by atoms with Crippen molar-refractivity contribution in [2.24, 2.45) is 11.8 Å². The summed E-state index contributed by atoms with van der Waals surface area (Å²) in [6, 6.07) is 16.6. The molecule has 2 aromatic rings. The third-order valence-corrected chi connectivity index (χ3v) is 9.60. The molecule has 0 radical (unpaired) electrons. The van der Waals surface area contributed by atoms with E-state index in [9.17, 15) is 27.6 Å². The molecule has 1 aliphatic carbocycles. The first-order valence-electron chi connectivity index (χ1n) is 15.7. The summed E-state index contributed by atoms with van der Waals surface area (Å²) in [5.74, 6) is 0.0498. The van der Waals surface area contributed by atoms with Crippen molar-refractivity contribution in [3.8, 4) is 0 Å². The summed E-state index contributed by atoms with van der Waals surface area (Å²) in [7, 11) is 0. The number of likely N-dealkylation sites (tertiary alicyclic amines) is 2. The van der Waals surface area contributed by atoms with Crippen molar-refractivity contribution >= 4 is 17.8 Å². The van der Waals surface area contributed by atoms with Crippen molar-refractivity contribution < 1.29 is 32.3 Å². The quantitative estimate of drug-likeness (QED) is 0.341. The minimum Gasteiger partial charge on any atom is -0.441 e. The molecular formula is C35H38F3N3O4. The average molecular weight is 622 g/mol. The lowest BCUT2D eigenvalue weighted by Crippen LogP contribution is -2.47. The summed E-state index contributed by atoms with van der Waals surface area (Å²) < 4.78 is 44.6. The van der Waals surface area contributed by atoms with E-state index in [1.807, 2.05) is 42.5 Å². The Morgan fingerprint density at radius 1 is 0.911 bits per heavy atom. The molecule has 0 N–H and O–H groups in total. The molecule has 3 heterocycles. The number of carbonyl (C=O) groups excluding carboxylic acids is 3. The number of halogens is 3. The van der Waals surface area contributed by atoms with E-state index in [1.165, 1.54) is 12.2 Å². The number of amides is 2. The highest BCUT2D eigenvalue weighted by Gasteiger charge is 2.47. The minimum absolute atomic E-state index is 0.0401. The number of allylic oxidation sites excluding steroid dienone is 3. The van der Waals surface area contributed by atoms with Crippen molar-refractivity contribution in [3.05, 3.63) is 95.1 Å². The maximum absolute atomic E-state index is 13.2. The molecule has 238 valence electrons. The molecule has 2 amide bonds. The van der Waals surface area contributed by atoms with Crippen LogP contribution in [0.1, 0.15) is 58.4 Å².